The Labute approximate surface area is 192 Å². The van der Waals surface area contributed by atoms with Crippen LogP contribution in [0.2, 0.25) is 10.0 Å². The molecule has 0 aliphatic heterocycles. The Kier molecular flexibility index (Phi) is 6.20. The molecule has 4 rings (SSSR count). The SMILES string of the molecule is COc1ccc2c(ON(NC(C)=O)c3ncc(-c4ccc(Cl)cc4Cl)nn3)ccnc2c1. The number of halogens is 2. The maximum absolute atomic E-state index is 11.8. The first-order chi connectivity index (χ1) is 15.4. The lowest BCUT2D eigenvalue weighted by Gasteiger charge is -2.22. The number of methoxy groups -OCH3 is 1. The summed E-state index contributed by atoms with van der Waals surface area (Å²) in [5.74, 6) is 0.690. The van der Waals surface area contributed by atoms with E-state index in [1.807, 2.05) is 0 Å². The van der Waals surface area contributed by atoms with Crippen molar-refractivity contribution in [1.29, 1.82) is 0 Å². The van der Waals surface area contributed by atoms with Crippen LogP contribution in [0.4, 0.5) is 5.95 Å². The summed E-state index contributed by atoms with van der Waals surface area (Å²) < 4.78 is 5.23. The second kappa shape index (κ2) is 9.21. The lowest BCUT2D eigenvalue weighted by Crippen LogP contribution is -2.45. The highest BCUT2D eigenvalue weighted by molar-refractivity contribution is 6.36. The summed E-state index contributed by atoms with van der Waals surface area (Å²) in [6.45, 7) is 1.33. The number of ether oxygens (including phenoxy) is 1. The first-order valence-electron chi connectivity index (χ1n) is 9.28. The van der Waals surface area contributed by atoms with Gasteiger partial charge >= 0.3 is 5.95 Å². The zero-order valence-electron chi connectivity index (χ0n) is 16.9. The summed E-state index contributed by atoms with van der Waals surface area (Å²) >= 11 is 12.2. The number of anilines is 1. The van der Waals surface area contributed by atoms with Crippen LogP contribution >= 0.6 is 23.2 Å². The smallest absolute Gasteiger partial charge is 0.301 e. The largest absolute Gasteiger partial charge is 0.497 e. The molecule has 0 saturated heterocycles. The average molecular weight is 471 g/mol. The molecule has 11 heteroatoms. The van der Waals surface area contributed by atoms with Crippen molar-refractivity contribution in [2.24, 2.45) is 0 Å². The Bertz CT molecular complexity index is 1290. The van der Waals surface area contributed by atoms with Gasteiger partial charge in [-0.05, 0) is 30.3 Å². The van der Waals surface area contributed by atoms with Crippen LogP contribution in [0.25, 0.3) is 22.2 Å². The number of rotatable bonds is 6. The molecule has 0 saturated carbocycles. The minimum atomic E-state index is -0.390. The number of hydrazine groups is 1. The Morgan fingerprint density at radius 3 is 2.59 bits per heavy atom. The molecule has 0 aliphatic rings. The predicted octanol–water partition coefficient (Wildman–Crippen LogP) is 4.25. The van der Waals surface area contributed by atoms with E-state index in [-0.39, 0.29) is 5.95 Å². The number of hydrogen-bond donors (Lipinski definition) is 1. The second-order valence-corrected chi connectivity index (χ2v) is 7.36. The molecule has 0 fully saturated rings. The number of nitrogens with zero attached hydrogens (tertiary/aromatic N) is 5. The highest BCUT2D eigenvalue weighted by Gasteiger charge is 2.17. The van der Waals surface area contributed by atoms with Gasteiger partial charge in [0.1, 0.15) is 11.4 Å². The van der Waals surface area contributed by atoms with Crippen LogP contribution in [0.3, 0.4) is 0 Å². The molecule has 2 aromatic carbocycles. The fourth-order valence-electron chi connectivity index (χ4n) is 2.85. The Morgan fingerprint density at radius 1 is 1.06 bits per heavy atom. The van der Waals surface area contributed by atoms with E-state index in [0.29, 0.717) is 43.7 Å². The van der Waals surface area contributed by atoms with Crippen molar-refractivity contribution in [3.8, 4) is 22.8 Å². The van der Waals surface area contributed by atoms with Gasteiger partial charge < -0.3 is 9.57 Å². The van der Waals surface area contributed by atoms with E-state index in [9.17, 15) is 4.79 Å². The van der Waals surface area contributed by atoms with E-state index in [1.54, 1.807) is 55.8 Å². The quantitative estimate of drug-likeness (QED) is 0.417. The number of carbonyl (C=O) groups excluding carboxylic acids is 1. The number of pyridine rings is 1. The van der Waals surface area contributed by atoms with Crippen molar-refractivity contribution in [2.45, 2.75) is 6.92 Å². The molecular formula is C21H16Cl2N6O3. The molecule has 1 N–H and O–H groups in total. The van der Waals surface area contributed by atoms with E-state index in [0.717, 1.165) is 5.17 Å². The normalized spacial score (nSPS) is 10.6. The molecule has 0 radical (unpaired) electrons. The summed E-state index contributed by atoms with van der Waals surface area (Å²) in [5.41, 5.74) is 4.22. The molecule has 0 atom stereocenters. The van der Waals surface area contributed by atoms with Crippen molar-refractivity contribution in [3.05, 3.63) is 64.9 Å². The monoisotopic (exact) mass is 470 g/mol. The minimum Gasteiger partial charge on any atom is -0.497 e. The van der Waals surface area contributed by atoms with Crippen LogP contribution in [-0.2, 0) is 4.79 Å². The summed E-state index contributed by atoms with van der Waals surface area (Å²) in [4.78, 5) is 26.2. The van der Waals surface area contributed by atoms with Gasteiger partial charge in [-0.3, -0.25) is 9.78 Å². The van der Waals surface area contributed by atoms with E-state index in [2.05, 4.69) is 25.6 Å². The third kappa shape index (κ3) is 4.63. The molecule has 32 heavy (non-hydrogen) atoms. The fraction of sp³-hybridized carbons (Fsp3) is 0.0952. The van der Waals surface area contributed by atoms with Gasteiger partial charge in [0, 0.05) is 41.2 Å². The van der Waals surface area contributed by atoms with E-state index in [4.69, 9.17) is 32.8 Å². The van der Waals surface area contributed by atoms with Crippen LogP contribution < -0.4 is 20.2 Å². The minimum absolute atomic E-state index is 0.00695. The highest BCUT2D eigenvalue weighted by atomic mass is 35.5. The topological polar surface area (TPSA) is 102 Å². The van der Waals surface area contributed by atoms with Crippen LogP contribution in [0.5, 0.6) is 11.5 Å². The van der Waals surface area contributed by atoms with Crippen LogP contribution in [0.15, 0.2) is 54.9 Å². The number of benzene rings is 2. The van der Waals surface area contributed by atoms with E-state index < -0.39 is 5.91 Å². The predicted molar refractivity (Wildman–Crippen MR) is 121 cm³/mol. The number of fused-ring (bicyclic) bond motifs is 1. The lowest BCUT2D eigenvalue weighted by molar-refractivity contribution is -0.120. The van der Waals surface area contributed by atoms with Crippen molar-refractivity contribution >= 4 is 46.0 Å². The van der Waals surface area contributed by atoms with Gasteiger partial charge in [0.15, 0.2) is 5.75 Å². The number of carbonyl (C=O) groups is 1. The molecule has 2 heterocycles. The van der Waals surface area contributed by atoms with Gasteiger partial charge in [0.05, 0.1) is 23.8 Å². The van der Waals surface area contributed by atoms with Gasteiger partial charge in [-0.1, -0.05) is 28.4 Å². The summed E-state index contributed by atoms with van der Waals surface area (Å²) in [5, 5.41) is 10.9. The summed E-state index contributed by atoms with van der Waals surface area (Å²) in [6.07, 6.45) is 3.04. The van der Waals surface area contributed by atoms with Crippen LogP contribution in [0, 0.1) is 0 Å². The zero-order valence-corrected chi connectivity index (χ0v) is 18.4. The fourth-order valence-corrected chi connectivity index (χ4v) is 3.35. The first-order valence-corrected chi connectivity index (χ1v) is 10.0. The lowest BCUT2D eigenvalue weighted by atomic mass is 10.2. The van der Waals surface area contributed by atoms with Crippen LogP contribution in [0.1, 0.15) is 6.92 Å². The van der Waals surface area contributed by atoms with Crippen molar-refractivity contribution in [3.63, 3.8) is 0 Å². The van der Waals surface area contributed by atoms with Gasteiger partial charge in [-0.15, -0.1) is 10.2 Å². The van der Waals surface area contributed by atoms with Crippen molar-refractivity contribution in [1.82, 2.24) is 25.6 Å². The second-order valence-electron chi connectivity index (χ2n) is 6.51. The third-order valence-electron chi connectivity index (χ3n) is 4.30. The van der Waals surface area contributed by atoms with Crippen LogP contribution in [-0.4, -0.2) is 33.2 Å². The zero-order chi connectivity index (χ0) is 22.7. The average Bonchev–Trinajstić information content (AvgIpc) is 2.78. The van der Waals surface area contributed by atoms with Gasteiger partial charge in [-0.2, -0.15) is 0 Å². The molecular weight excluding hydrogens is 455 g/mol. The van der Waals surface area contributed by atoms with Gasteiger partial charge in [0.2, 0.25) is 5.91 Å². The molecule has 4 aromatic rings. The Hall–Kier alpha value is -3.69. The maximum atomic E-state index is 11.8. The molecule has 0 unspecified atom stereocenters. The first kappa shape index (κ1) is 21.5. The number of hydrogen-bond acceptors (Lipinski definition) is 8. The van der Waals surface area contributed by atoms with Crippen molar-refractivity contribution < 1.29 is 14.4 Å². The Morgan fingerprint density at radius 2 is 1.91 bits per heavy atom. The summed E-state index contributed by atoms with van der Waals surface area (Å²) in [6, 6.07) is 12.0. The summed E-state index contributed by atoms with van der Waals surface area (Å²) in [7, 11) is 1.57. The molecule has 0 spiro atoms. The maximum Gasteiger partial charge on any atom is 0.301 e. The standard InChI is InChI=1S/C21H16Cl2N6O3/c1-12(30)28-29(32-20-7-8-24-18-10-14(31-2)4-6-16(18)20)21-25-11-19(26-27-21)15-5-3-13(22)9-17(15)23/h3-11H,1-2H3,(H,28,30). The highest BCUT2D eigenvalue weighted by Crippen LogP contribution is 2.30. The van der Waals surface area contributed by atoms with Gasteiger partial charge in [0.25, 0.3) is 0 Å². The van der Waals surface area contributed by atoms with Gasteiger partial charge in [-0.25, -0.2) is 10.4 Å². The number of amides is 1. The molecule has 1 amide bonds. The third-order valence-corrected chi connectivity index (χ3v) is 4.84. The molecule has 2 aromatic heterocycles. The molecule has 9 nitrogen and oxygen atoms in total. The number of aromatic nitrogens is 4. The molecule has 162 valence electrons. The van der Waals surface area contributed by atoms with E-state index >= 15 is 0 Å². The molecule has 0 aliphatic carbocycles. The van der Waals surface area contributed by atoms with Crippen molar-refractivity contribution in [2.75, 3.05) is 12.3 Å². The Balaban J connectivity index is 1.66. The molecule has 0 bridgehead atoms. The van der Waals surface area contributed by atoms with E-state index in [1.165, 1.54) is 13.1 Å². The number of nitrogens with one attached hydrogen (secondary N) is 1.